The molecule has 117 valence electrons. The van der Waals surface area contributed by atoms with Crippen LogP contribution in [0, 0.1) is 20.3 Å². The summed E-state index contributed by atoms with van der Waals surface area (Å²) in [7, 11) is -0.620. The van der Waals surface area contributed by atoms with Crippen LogP contribution in [0.15, 0.2) is 72.8 Å². The van der Waals surface area contributed by atoms with Gasteiger partial charge >= 0.3 is 0 Å². The summed E-state index contributed by atoms with van der Waals surface area (Å²) in [5, 5.41) is 2.55. The molecule has 0 bridgehead atoms. The van der Waals surface area contributed by atoms with Gasteiger partial charge in [-0.15, -0.1) is 0 Å². The van der Waals surface area contributed by atoms with E-state index in [9.17, 15) is 0 Å². The minimum atomic E-state index is -0.620. The van der Waals surface area contributed by atoms with Gasteiger partial charge in [-0.2, -0.15) is 7.12 Å². The molecule has 0 atom stereocenters. The summed E-state index contributed by atoms with van der Waals surface area (Å²) in [5.41, 5.74) is 2.56. The number of aryl methyl sites for hydroxylation is 2. The predicted octanol–water partition coefficient (Wildman–Crippen LogP) is 4.51. The van der Waals surface area contributed by atoms with Crippen molar-refractivity contribution in [2.75, 3.05) is 0 Å². The van der Waals surface area contributed by atoms with Crippen molar-refractivity contribution < 1.29 is 16.5 Å². The van der Waals surface area contributed by atoms with Crippen LogP contribution in [0.4, 0.5) is 0 Å². The van der Waals surface area contributed by atoms with E-state index in [1.807, 2.05) is 30.7 Å². The Morgan fingerprint density at radius 1 is 0.727 bits per heavy atom. The van der Waals surface area contributed by atoms with Crippen LogP contribution in [0.1, 0.15) is 11.1 Å². The largest absolute Gasteiger partial charge is 0.749 e. The number of benzene rings is 2. The fraction of sp³-hybridized carbons (Fsp3) is 0.105. The Balaban J connectivity index is 0.000000344. The van der Waals surface area contributed by atoms with Crippen molar-refractivity contribution in [1.82, 2.24) is 0 Å². The van der Waals surface area contributed by atoms with Gasteiger partial charge in [-0.25, -0.2) is 0 Å². The first kappa shape index (κ1) is 19.2. The molecule has 1 radical (unpaired) electrons. The number of rotatable bonds is 2. The SMILES string of the molecule is Cc1cccc(P([S-])c2cccc(C)c2)c1.[CH]1C=CC=C1.[Ni]. The first-order valence-corrected chi connectivity index (χ1v) is 9.29. The van der Waals surface area contributed by atoms with Crippen molar-refractivity contribution in [3.05, 3.63) is 90.4 Å². The van der Waals surface area contributed by atoms with Crippen molar-refractivity contribution >= 4 is 30.0 Å². The minimum absolute atomic E-state index is 0. The van der Waals surface area contributed by atoms with Crippen molar-refractivity contribution in [3.63, 3.8) is 0 Å². The van der Waals surface area contributed by atoms with E-state index < -0.39 is 7.12 Å². The van der Waals surface area contributed by atoms with Crippen molar-refractivity contribution in [2.45, 2.75) is 13.8 Å². The van der Waals surface area contributed by atoms with Crippen LogP contribution in [0.5, 0.6) is 0 Å². The molecule has 0 fully saturated rings. The zero-order valence-electron chi connectivity index (χ0n) is 12.7. The molecule has 3 rings (SSSR count). The van der Waals surface area contributed by atoms with Crippen LogP contribution in [0.3, 0.4) is 0 Å². The second-order valence-electron chi connectivity index (χ2n) is 4.93. The Bertz CT molecular complexity index is 594. The van der Waals surface area contributed by atoms with E-state index in [4.69, 9.17) is 12.2 Å². The van der Waals surface area contributed by atoms with Crippen molar-refractivity contribution in [1.29, 1.82) is 0 Å². The van der Waals surface area contributed by atoms with Gasteiger partial charge in [0.25, 0.3) is 0 Å². The van der Waals surface area contributed by atoms with Gasteiger partial charge in [0, 0.05) is 22.9 Å². The van der Waals surface area contributed by atoms with E-state index in [-0.39, 0.29) is 16.5 Å². The maximum absolute atomic E-state index is 5.65. The normalized spacial score (nSPS) is 11.8. The molecule has 0 spiro atoms. The van der Waals surface area contributed by atoms with Gasteiger partial charge in [-0.05, 0) is 24.5 Å². The Morgan fingerprint density at radius 2 is 1.18 bits per heavy atom. The van der Waals surface area contributed by atoms with Gasteiger partial charge in [-0.3, -0.25) is 0 Å². The first-order valence-electron chi connectivity index (χ1n) is 6.94. The molecule has 0 nitrogen and oxygen atoms in total. The average molecular weight is 369 g/mol. The van der Waals surface area contributed by atoms with E-state index in [0.29, 0.717) is 0 Å². The van der Waals surface area contributed by atoms with Crippen LogP contribution in [-0.4, -0.2) is 0 Å². The van der Waals surface area contributed by atoms with Crippen LogP contribution in [-0.2, 0) is 28.7 Å². The second-order valence-corrected chi connectivity index (χ2v) is 7.65. The molecule has 1 aliphatic carbocycles. The van der Waals surface area contributed by atoms with Gasteiger partial charge < -0.3 is 12.2 Å². The smallest absolute Gasteiger partial charge is 0.00506 e. The summed E-state index contributed by atoms with van der Waals surface area (Å²) in [6.07, 6.45) is 10.0. The molecule has 1 aliphatic rings. The van der Waals surface area contributed by atoms with E-state index >= 15 is 0 Å². The van der Waals surface area contributed by atoms with Crippen molar-refractivity contribution in [2.24, 2.45) is 0 Å². The summed E-state index contributed by atoms with van der Waals surface area (Å²) in [5.74, 6) is 0. The molecule has 3 heteroatoms. The van der Waals surface area contributed by atoms with Crippen LogP contribution >= 0.6 is 7.12 Å². The third kappa shape index (κ3) is 6.13. The maximum atomic E-state index is 5.65. The first-order chi connectivity index (χ1) is 10.2. The van der Waals surface area contributed by atoms with Crippen LogP contribution in [0.25, 0.3) is 0 Å². The Morgan fingerprint density at radius 3 is 1.50 bits per heavy atom. The molecule has 0 amide bonds. The van der Waals surface area contributed by atoms with E-state index in [1.165, 1.54) is 21.7 Å². The number of hydrogen-bond acceptors (Lipinski definition) is 1. The fourth-order valence-corrected chi connectivity index (χ4v) is 4.04. The molecular formula is C19H19NiPS-. The summed E-state index contributed by atoms with van der Waals surface area (Å²) >= 11 is 5.65. The number of allylic oxidation sites excluding steroid dienone is 4. The quantitative estimate of drug-likeness (QED) is 0.427. The van der Waals surface area contributed by atoms with E-state index in [0.717, 1.165) is 0 Å². The molecule has 22 heavy (non-hydrogen) atoms. The van der Waals surface area contributed by atoms with Gasteiger partial charge in [0.05, 0.1) is 0 Å². The standard InChI is InChI=1S/C14H14PS.C5H5.Ni/c1-11-5-3-7-13(9-11)15(16)14-8-4-6-12(2)10-14;1-2-4-5-3-1;/h3-10H,1-2H3;1-5H;/q-1;;. The Kier molecular flexibility index (Phi) is 8.80. The summed E-state index contributed by atoms with van der Waals surface area (Å²) in [4.78, 5) is 0. The van der Waals surface area contributed by atoms with Crippen LogP contribution in [0.2, 0.25) is 0 Å². The van der Waals surface area contributed by atoms with Gasteiger partial charge in [0.1, 0.15) is 0 Å². The zero-order chi connectivity index (χ0) is 15.1. The molecule has 0 aliphatic heterocycles. The zero-order valence-corrected chi connectivity index (χ0v) is 15.4. The van der Waals surface area contributed by atoms with Gasteiger partial charge in [0.15, 0.2) is 0 Å². The average Bonchev–Trinajstić information content (AvgIpc) is 3.06. The molecule has 0 N–H and O–H groups in total. The monoisotopic (exact) mass is 368 g/mol. The van der Waals surface area contributed by atoms with E-state index in [2.05, 4.69) is 62.4 Å². The van der Waals surface area contributed by atoms with Crippen molar-refractivity contribution in [3.8, 4) is 0 Å². The molecule has 2 aromatic rings. The Hall–Kier alpha value is -0.806. The minimum Gasteiger partial charge on any atom is -0.749 e. The summed E-state index contributed by atoms with van der Waals surface area (Å²) < 4.78 is 0. The van der Waals surface area contributed by atoms with Crippen LogP contribution < -0.4 is 10.6 Å². The topological polar surface area (TPSA) is 0 Å². The molecular weight excluding hydrogens is 350 g/mol. The third-order valence-corrected chi connectivity index (χ3v) is 5.79. The fourth-order valence-electron chi connectivity index (χ4n) is 1.98. The third-order valence-electron chi connectivity index (χ3n) is 3.03. The predicted molar refractivity (Wildman–Crippen MR) is 98.5 cm³/mol. The van der Waals surface area contributed by atoms with Gasteiger partial charge in [0.2, 0.25) is 0 Å². The molecule has 0 saturated heterocycles. The summed E-state index contributed by atoms with van der Waals surface area (Å²) in [6.45, 7) is 4.22. The Labute approximate surface area is 150 Å². The maximum Gasteiger partial charge on any atom is 0.00506 e. The molecule has 0 heterocycles. The molecule has 2 aromatic carbocycles. The molecule has 0 unspecified atom stereocenters. The molecule has 0 saturated carbocycles. The molecule has 0 aromatic heterocycles. The van der Waals surface area contributed by atoms with Gasteiger partial charge in [-0.1, -0.05) is 84.0 Å². The number of hydrogen-bond donors (Lipinski definition) is 0. The van der Waals surface area contributed by atoms with E-state index in [1.54, 1.807) is 0 Å². The summed E-state index contributed by atoms with van der Waals surface area (Å²) in [6, 6.07) is 17.0. The second kappa shape index (κ2) is 10.1.